The number of benzene rings is 8. The molecule has 3 heterocycles. The number of nitrogens with zero attached hydrogens (tertiary/aromatic N) is 2. The van der Waals surface area contributed by atoms with Crippen molar-refractivity contribution >= 4 is 55.5 Å². The van der Waals surface area contributed by atoms with E-state index in [0.717, 1.165) is 11.2 Å². The Labute approximate surface area is 407 Å². The Morgan fingerprint density at radius 2 is 0.928 bits per heavy atom. The molecule has 5 aliphatic rings. The Morgan fingerprint density at radius 1 is 0.420 bits per heavy atom. The molecule has 8 aromatic carbocycles. The molecule has 2 fully saturated rings. The summed E-state index contributed by atoms with van der Waals surface area (Å²) in [4.78, 5) is 5.40. The fourth-order valence-corrected chi connectivity index (χ4v) is 15.4. The third-order valence-corrected chi connectivity index (χ3v) is 19.4. The number of hydrogen-bond donors (Lipinski definition) is 0. The third kappa shape index (κ3) is 5.29. The Bertz CT molecular complexity index is 3600. The van der Waals surface area contributed by atoms with Gasteiger partial charge in [0.25, 0.3) is 0 Å². The first-order valence-electron chi connectivity index (χ1n) is 26.0. The minimum atomic E-state index is -0.327. The maximum absolute atomic E-state index is 7.21. The largest absolute Gasteiger partial charge is 0.456 e. The summed E-state index contributed by atoms with van der Waals surface area (Å²) in [5, 5.41) is 5.03. The molecule has 0 bridgehead atoms. The van der Waals surface area contributed by atoms with Crippen LogP contribution in [-0.2, 0) is 16.2 Å². The molecule has 69 heavy (non-hydrogen) atoms. The minimum Gasteiger partial charge on any atom is -0.456 e. The van der Waals surface area contributed by atoms with Crippen LogP contribution < -0.4 is 9.80 Å². The van der Waals surface area contributed by atoms with Gasteiger partial charge in [-0.3, -0.25) is 0 Å². The summed E-state index contributed by atoms with van der Waals surface area (Å²) in [7, 11) is 0. The number of furan rings is 1. The highest BCUT2D eigenvalue weighted by Crippen LogP contribution is 2.64. The molecule has 0 amide bonds. The van der Waals surface area contributed by atoms with E-state index in [-0.39, 0.29) is 27.3 Å². The maximum Gasteiger partial charge on any atom is 0.140 e. The van der Waals surface area contributed by atoms with E-state index >= 15 is 0 Å². The summed E-state index contributed by atoms with van der Waals surface area (Å²) >= 11 is 0. The van der Waals surface area contributed by atoms with Crippen LogP contribution >= 0.6 is 0 Å². The quantitative estimate of drug-likeness (QED) is 0.175. The lowest BCUT2D eigenvalue weighted by molar-refractivity contribution is 0.195. The third-order valence-electron chi connectivity index (χ3n) is 19.4. The SMILES string of the molecule is CC1(C)c2cc(-c3ccc4c(c3)C3(C)CCCCC3(C)N4c3ccccc3)c3ccccc3c2-c2cc(-c3ccc4c(c3)C3(C)CCCCCC3(C)N4c3ccccc3)c3c(oc4ccccc43)c21. The molecule has 0 spiro atoms. The van der Waals surface area contributed by atoms with Gasteiger partial charge in [-0.2, -0.15) is 0 Å². The zero-order chi connectivity index (χ0) is 46.7. The monoisotopic (exact) mass is 898 g/mol. The van der Waals surface area contributed by atoms with E-state index in [0.29, 0.717) is 0 Å². The van der Waals surface area contributed by atoms with Crippen molar-refractivity contribution in [3.05, 3.63) is 180 Å². The molecule has 0 radical (unpaired) electrons. The highest BCUT2D eigenvalue weighted by molar-refractivity contribution is 6.19. The van der Waals surface area contributed by atoms with Crippen molar-refractivity contribution in [1.29, 1.82) is 0 Å². The van der Waals surface area contributed by atoms with Crippen molar-refractivity contribution in [3.63, 3.8) is 0 Å². The average Bonchev–Trinajstić information content (AvgIpc) is 3.95. The van der Waals surface area contributed by atoms with Gasteiger partial charge in [0.05, 0.1) is 11.1 Å². The number of hydrogen-bond acceptors (Lipinski definition) is 3. The molecule has 0 N–H and O–H groups in total. The Morgan fingerprint density at radius 3 is 1.55 bits per heavy atom. The second kappa shape index (κ2) is 14.3. The maximum atomic E-state index is 7.21. The van der Waals surface area contributed by atoms with Crippen LogP contribution in [-0.4, -0.2) is 11.1 Å². The van der Waals surface area contributed by atoms with E-state index in [4.69, 9.17) is 4.42 Å². The molecule has 2 aliphatic heterocycles. The van der Waals surface area contributed by atoms with Crippen molar-refractivity contribution in [2.24, 2.45) is 0 Å². The smallest absolute Gasteiger partial charge is 0.140 e. The van der Waals surface area contributed by atoms with Gasteiger partial charge in [0.1, 0.15) is 11.2 Å². The molecule has 9 aromatic rings. The molecule has 4 atom stereocenters. The van der Waals surface area contributed by atoms with E-state index in [9.17, 15) is 0 Å². The van der Waals surface area contributed by atoms with E-state index in [1.807, 2.05) is 0 Å². The lowest BCUT2D eigenvalue weighted by Gasteiger charge is -2.50. The van der Waals surface area contributed by atoms with E-state index < -0.39 is 0 Å². The molecule has 3 aliphatic carbocycles. The number of rotatable bonds is 4. The van der Waals surface area contributed by atoms with E-state index in [2.05, 4.69) is 209 Å². The van der Waals surface area contributed by atoms with Gasteiger partial charge in [-0.1, -0.05) is 151 Å². The standard InChI is InChI=1S/C66H62N2O/c1-62(2)54-41-49(42-30-32-55-52(38-42)64(4)35-20-21-37-66(64,6)68(55)45-24-12-8-13-25-45)46-26-14-15-27-47(46)58(54)51-40-50(59-48-28-16-17-29-57(48)69-61(59)60(51)62)43-31-33-56-53(39-43)63(3)34-18-9-19-36-65(63,5)67(56)44-22-10-7-11-23-44/h7-8,10-17,22-33,38-41H,9,18-21,34-37H2,1-6H3. The van der Waals surface area contributed by atoms with Crippen LogP contribution in [0.2, 0.25) is 0 Å². The normalized spacial score (nSPS) is 25.3. The molecule has 4 unspecified atom stereocenters. The fourth-order valence-electron chi connectivity index (χ4n) is 15.4. The number of para-hydroxylation sites is 3. The average molecular weight is 899 g/mol. The van der Waals surface area contributed by atoms with Crippen molar-refractivity contribution in [1.82, 2.24) is 0 Å². The highest BCUT2D eigenvalue weighted by Gasteiger charge is 2.59. The van der Waals surface area contributed by atoms with Crippen LogP contribution in [0.3, 0.4) is 0 Å². The summed E-state index contributed by atoms with van der Waals surface area (Å²) in [5.74, 6) is 0. The van der Waals surface area contributed by atoms with Crippen LogP contribution in [0.1, 0.15) is 122 Å². The molecular weight excluding hydrogens is 837 g/mol. The van der Waals surface area contributed by atoms with Crippen molar-refractivity contribution in [2.75, 3.05) is 9.80 Å². The van der Waals surface area contributed by atoms with Crippen LogP contribution in [0.4, 0.5) is 22.7 Å². The van der Waals surface area contributed by atoms with Gasteiger partial charge < -0.3 is 14.2 Å². The zero-order valence-corrected chi connectivity index (χ0v) is 41.2. The van der Waals surface area contributed by atoms with Crippen molar-refractivity contribution < 1.29 is 4.42 Å². The second-order valence-corrected chi connectivity index (χ2v) is 23.0. The van der Waals surface area contributed by atoms with Gasteiger partial charge in [-0.25, -0.2) is 0 Å². The van der Waals surface area contributed by atoms with Gasteiger partial charge in [0, 0.05) is 55.3 Å². The van der Waals surface area contributed by atoms with Gasteiger partial charge in [0.2, 0.25) is 0 Å². The zero-order valence-electron chi connectivity index (χ0n) is 41.2. The van der Waals surface area contributed by atoms with Crippen LogP contribution in [0.5, 0.6) is 0 Å². The Hall–Kier alpha value is -6.58. The minimum absolute atomic E-state index is 0.0000520. The molecule has 2 saturated carbocycles. The molecule has 3 heteroatoms. The molecule has 0 saturated heterocycles. The van der Waals surface area contributed by atoms with Crippen molar-refractivity contribution in [3.8, 4) is 33.4 Å². The lowest BCUT2D eigenvalue weighted by Crippen LogP contribution is -2.54. The Balaban J connectivity index is 0.988. The Kier molecular flexibility index (Phi) is 8.55. The highest BCUT2D eigenvalue weighted by atomic mass is 16.3. The predicted molar refractivity (Wildman–Crippen MR) is 290 cm³/mol. The van der Waals surface area contributed by atoms with Crippen LogP contribution in [0.25, 0.3) is 66.1 Å². The van der Waals surface area contributed by atoms with E-state index in [1.54, 1.807) is 0 Å². The molecule has 342 valence electrons. The number of anilines is 4. The van der Waals surface area contributed by atoms with Gasteiger partial charge in [0.15, 0.2) is 0 Å². The predicted octanol–water partition coefficient (Wildman–Crippen LogP) is 18.3. The summed E-state index contributed by atoms with van der Waals surface area (Å²) in [5.41, 5.74) is 20.4. The van der Waals surface area contributed by atoms with E-state index in [1.165, 1.54) is 158 Å². The van der Waals surface area contributed by atoms with Crippen LogP contribution in [0.15, 0.2) is 162 Å². The summed E-state index contributed by atoms with van der Waals surface area (Å²) < 4.78 is 7.21. The first-order chi connectivity index (χ1) is 33.5. The van der Waals surface area contributed by atoms with Crippen LogP contribution in [0, 0.1) is 0 Å². The van der Waals surface area contributed by atoms with Gasteiger partial charge in [-0.05, 0) is 167 Å². The molecule has 3 nitrogen and oxygen atoms in total. The summed E-state index contributed by atoms with van der Waals surface area (Å²) in [6, 6.07) is 60.4. The second-order valence-electron chi connectivity index (χ2n) is 23.0. The molecule has 1 aromatic heterocycles. The van der Waals surface area contributed by atoms with Gasteiger partial charge in [-0.15, -0.1) is 0 Å². The summed E-state index contributed by atoms with van der Waals surface area (Å²) in [6.07, 6.45) is 11.1. The van der Waals surface area contributed by atoms with Gasteiger partial charge >= 0.3 is 0 Å². The number of fused-ring (bicyclic) bond motifs is 15. The first kappa shape index (κ1) is 41.4. The van der Waals surface area contributed by atoms with Crippen molar-refractivity contribution in [2.45, 2.75) is 127 Å². The first-order valence-corrected chi connectivity index (χ1v) is 26.0. The molecule has 14 rings (SSSR count). The summed E-state index contributed by atoms with van der Waals surface area (Å²) in [6.45, 7) is 15.1. The topological polar surface area (TPSA) is 19.6 Å². The lowest BCUT2D eigenvalue weighted by atomic mass is 9.61. The fraction of sp³-hybridized carbons (Fsp3) is 0.303. The molecular formula is C66H62N2O.